The number of nitrogens with zero attached hydrogens (tertiary/aromatic N) is 1. The molecule has 2 unspecified atom stereocenters. The van der Waals surface area contributed by atoms with Crippen LogP contribution in [0.25, 0.3) is 0 Å². The fourth-order valence-electron chi connectivity index (χ4n) is 2.15. The number of aliphatic hydroxyl groups excluding tert-OH is 1. The van der Waals surface area contributed by atoms with E-state index in [2.05, 4.69) is 4.98 Å². The first kappa shape index (κ1) is 11.4. The number of aromatic nitrogens is 1. The van der Waals surface area contributed by atoms with E-state index in [9.17, 15) is 5.11 Å². The summed E-state index contributed by atoms with van der Waals surface area (Å²) in [7, 11) is 0. The summed E-state index contributed by atoms with van der Waals surface area (Å²) < 4.78 is 5.87. The topological polar surface area (TPSA) is 42.4 Å². The number of rotatable bonds is 2. The van der Waals surface area contributed by atoms with Gasteiger partial charge in [-0.3, -0.25) is 4.98 Å². The number of hydrogen-bond acceptors (Lipinski definition) is 3. The summed E-state index contributed by atoms with van der Waals surface area (Å²) in [4.78, 5) is 4.19. The highest BCUT2D eigenvalue weighted by atomic mass is 16.5. The Morgan fingerprint density at radius 1 is 1.31 bits per heavy atom. The van der Waals surface area contributed by atoms with Gasteiger partial charge < -0.3 is 9.84 Å². The van der Waals surface area contributed by atoms with Gasteiger partial charge in [0.05, 0.1) is 11.8 Å². The average Bonchev–Trinajstić information content (AvgIpc) is 2.48. The molecule has 16 heavy (non-hydrogen) atoms. The standard InChI is InChI=1S/C13H19NO2/c1-10-12(8-5-9-14-10)16-13-7-4-2-3-6-11(13)15/h5,8-9,11,13,15H,2-4,6-7H2,1H3. The Morgan fingerprint density at radius 2 is 2.12 bits per heavy atom. The fourth-order valence-corrected chi connectivity index (χ4v) is 2.15. The fraction of sp³-hybridized carbons (Fsp3) is 0.615. The molecule has 0 aromatic carbocycles. The minimum Gasteiger partial charge on any atom is -0.486 e. The Labute approximate surface area is 96.5 Å². The largest absolute Gasteiger partial charge is 0.486 e. The smallest absolute Gasteiger partial charge is 0.141 e. The zero-order valence-electron chi connectivity index (χ0n) is 9.72. The molecule has 1 heterocycles. The highest BCUT2D eigenvalue weighted by Gasteiger charge is 2.23. The summed E-state index contributed by atoms with van der Waals surface area (Å²) in [5, 5.41) is 9.96. The Morgan fingerprint density at radius 3 is 2.94 bits per heavy atom. The van der Waals surface area contributed by atoms with Crippen LogP contribution in [0.4, 0.5) is 0 Å². The van der Waals surface area contributed by atoms with E-state index >= 15 is 0 Å². The monoisotopic (exact) mass is 221 g/mol. The zero-order valence-corrected chi connectivity index (χ0v) is 9.72. The van der Waals surface area contributed by atoms with Gasteiger partial charge in [0.2, 0.25) is 0 Å². The molecule has 1 saturated carbocycles. The molecule has 0 aliphatic heterocycles. The summed E-state index contributed by atoms with van der Waals surface area (Å²) in [6.45, 7) is 1.93. The van der Waals surface area contributed by atoms with Crippen LogP contribution >= 0.6 is 0 Å². The van der Waals surface area contributed by atoms with Gasteiger partial charge in [-0.1, -0.05) is 12.8 Å². The molecule has 3 heteroatoms. The first-order valence-electron chi connectivity index (χ1n) is 6.04. The molecule has 1 fully saturated rings. The van der Waals surface area contributed by atoms with Crippen molar-refractivity contribution in [1.82, 2.24) is 4.98 Å². The van der Waals surface area contributed by atoms with Gasteiger partial charge in [-0.15, -0.1) is 0 Å². The van der Waals surface area contributed by atoms with Crippen LogP contribution in [0, 0.1) is 6.92 Å². The Kier molecular flexibility index (Phi) is 3.78. The molecule has 3 nitrogen and oxygen atoms in total. The minimum absolute atomic E-state index is 0.0644. The molecular weight excluding hydrogens is 202 g/mol. The number of aliphatic hydroxyl groups is 1. The van der Waals surface area contributed by atoms with Crippen LogP contribution in [0.2, 0.25) is 0 Å². The predicted molar refractivity (Wildman–Crippen MR) is 62.5 cm³/mol. The second kappa shape index (κ2) is 5.30. The molecule has 1 aromatic heterocycles. The summed E-state index contributed by atoms with van der Waals surface area (Å²) in [6.07, 6.45) is 6.59. The second-order valence-electron chi connectivity index (χ2n) is 4.45. The highest BCUT2D eigenvalue weighted by Crippen LogP contribution is 2.24. The van der Waals surface area contributed by atoms with Gasteiger partial charge in [0, 0.05) is 6.20 Å². The van der Waals surface area contributed by atoms with Crippen LogP contribution < -0.4 is 4.74 Å². The van der Waals surface area contributed by atoms with Gasteiger partial charge in [-0.25, -0.2) is 0 Å². The van der Waals surface area contributed by atoms with Crippen molar-refractivity contribution in [2.24, 2.45) is 0 Å². The third-order valence-corrected chi connectivity index (χ3v) is 3.15. The maximum Gasteiger partial charge on any atom is 0.141 e. The van der Waals surface area contributed by atoms with Crippen LogP contribution in [0.1, 0.15) is 37.8 Å². The summed E-state index contributed by atoms with van der Waals surface area (Å²) in [5.74, 6) is 0.799. The summed E-state index contributed by atoms with van der Waals surface area (Å²) in [5.41, 5.74) is 0.888. The number of pyridine rings is 1. The van der Waals surface area contributed by atoms with E-state index in [0.717, 1.165) is 37.1 Å². The molecule has 0 spiro atoms. The van der Waals surface area contributed by atoms with Crippen molar-refractivity contribution >= 4 is 0 Å². The molecule has 1 aliphatic rings. The maximum atomic E-state index is 9.96. The van der Waals surface area contributed by atoms with Crippen molar-refractivity contribution in [2.45, 2.75) is 51.2 Å². The molecular formula is C13H19NO2. The predicted octanol–water partition coefficient (Wildman–Crippen LogP) is 2.46. The van der Waals surface area contributed by atoms with Gasteiger partial charge in [-0.05, 0) is 38.3 Å². The van der Waals surface area contributed by atoms with Gasteiger partial charge in [0.15, 0.2) is 0 Å². The zero-order chi connectivity index (χ0) is 11.4. The van der Waals surface area contributed by atoms with Gasteiger partial charge in [-0.2, -0.15) is 0 Å². The Bertz CT molecular complexity index is 340. The molecule has 0 bridgehead atoms. The van der Waals surface area contributed by atoms with Crippen LogP contribution in [0.5, 0.6) is 5.75 Å². The third kappa shape index (κ3) is 2.73. The van der Waals surface area contributed by atoms with E-state index in [-0.39, 0.29) is 12.2 Å². The van der Waals surface area contributed by atoms with Crippen molar-refractivity contribution in [3.05, 3.63) is 24.0 Å². The Balaban J connectivity index is 2.05. The van der Waals surface area contributed by atoms with Crippen molar-refractivity contribution in [1.29, 1.82) is 0 Å². The SMILES string of the molecule is Cc1ncccc1OC1CCCCCC1O. The molecule has 0 saturated heterocycles. The first-order chi connectivity index (χ1) is 7.77. The highest BCUT2D eigenvalue weighted by molar-refractivity contribution is 5.25. The summed E-state index contributed by atoms with van der Waals surface area (Å²) >= 11 is 0. The van der Waals surface area contributed by atoms with Crippen LogP contribution in [0.15, 0.2) is 18.3 Å². The number of aryl methyl sites for hydroxylation is 1. The molecule has 1 N–H and O–H groups in total. The number of hydrogen-bond donors (Lipinski definition) is 1. The van der Waals surface area contributed by atoms with Crippen molar-refractivity contribution in [2.75, 3.05) is 0 Å². The van der Waals surface area contributed by atoms with Gasteiger partial charge in [0.1, 0.15) is 11.9 Å². The van der Waals surface area contributed by atoms with E-state index < -0.39 is 0 Å². The van der Waals surface area contributed by atoms with Crippen LogP contribution in [-0.2, 0) is 0 Å². The van der Waals surface area contributed by atoms with E-state index in [1.54, 1.807) is 6.20 Å². The van der Waals surface area contributed by atoms with Crippen molar-refractivity contribution in [3.8, 4) is 5.75 Å². The molecule has 2 rings (SSSR count). The van der Waals surface area contributed by atoms with Gasteiger partial charge >= 0.3 is 0 Å². The van der Waals surface area contributed by atoms with E-state index in [1.165, 1.54) is 6.42 Å². The maximum absolute atomic E-state index is 9.96. The normalized spacial score (nSPS) is 26.1. The van der Waals surface area contributed by atoms with E-state index in [0.29, 0.717) is 0 Å². The van der Waals surface area contributed by atoms with E-state index in [4.69, 9.17) is 4.74 Å². The molecule has 2 atom stereocenters. The lowest BCUT2D eigenvalue weighted by Gasteiger charge is -2.22. The Hall–Kier alpha value is -1.09. The number of ether oxygens (including phenoxy) is 1. The van der Waals surface area contributed by atoms with Crippen LogP contribution in [-0.4, -0.2) is 22.3 Å². The third-order valence-electron chi connectivity index (χ3n) is 3.15. The molecule has 0 radical (unpaired) electrons. The summed E-state index contributed by atoms with van der Waals surface area (Å²) in [6, 6.07) is 3.78. The lowest BCUT2D eigenvalue weighted by Crippen LogP contribution is -2.30. The average molecular weight is 221 g/mol. The van der Waals surface area contributed by atoms with Gasteiger partial charge in [0.25, 0.3) is 0 Å². The lowest BCUT2D eigenvalue weighted by atomic mass is 10.1. The first-order valence-corrected chi connectivity index (χ1v) is 6.04. The molecule has 1 aromatic rings. The van der Waals surface area contributed by atoms with Crippen molar-refractivity contribution in [3.63, 3.8) is 0 Å². The van der Waals surface area contributed by atoms with Crippen LogP contribution in [0.3, 0.4) is 0 Å². The van der Waals surface area contributed by atoms with Crippen molar-refractivity contribution < 1.29 is 9.84 Å². The molecule has 1 aliphatic carbocycles. The molecule has 88 valence electrons. The quantitative estimate of drug-likeness (QED) is 0.780. The lowest BCUT2D eigenvalue weighted by molar-refractivity contribution is 0.0313. The second-order valence-corrected chi connectivity index (χ2v) is 4.45. The molecule has 0 amide bonds. The van der Waals surface area contributed by atoms with E-state index in [1.807, 2.05) is 19.1 Å². The minimum atomic E-state index is -0.331.